The van der Waals surface area contributed by atoms with Gasteiger partial charge in [-0.05, 0) is 12.1 Å². The first-order valence-electron chi connectivity index (χ1n) is 3.73. The molecule has 0 saturated heterocycles. The minimum absolute atomic E-state index is 0. The van der Waals surface area contributed by atoms with Crippen molar-refractivity contribution in [3.63, 3.8) is 0 Å². The van der Waals surface area contributed by atoms with Crippen molar-refractivity contribution in [3.05, 3.63) is 35.9 Å². The molecule has 1 N–H and O–H groups in total. The summed E-state index contributed by atoms with van der Waals surface area (Å²) < 4.78 is 4.91. The summed E-state index contributed by atoms with van der Waals surface area (Å²) in [6.45, 7) is 0.268. The van der Waals surface area contributed by atoms with E-state index in [0.29, 0.717) is 5.90 Å². The SMILES string of the molecule is O=C1C[NH+]=C(c2ccccc2)O1.[I-]. The number of carbonyl (C=O) groups is 1. The molecule has 1 aliphatic rings. The third-order valence-electron chi connectivity index (χ3n) is 1.65. The van der Waals surface area contributed by atoms with Gasteiger partial charge in [-0.1, -0.05) is 18.2 Å². The van der Waals surface area contributed by atoms with E-state index in [1.807, 2.05) is 30.3 Å². The molecule has 2 rings (SSSR count). The molecular weight excluding hydrogens is 281 g/mol. The number of hydrogen-bond acceptors (Lipinski definition) is 2. The predicted octanol–water partition coefficient (Wildman–Crippen LogP) is -3.93. The number of nitrogens with one attached hydrogen (secondary N) is 1. The number of cyclic esters (lactones) is 1. The zero-order chi connectivity index (χ0) is 8.39. The molecule has 4 heteroatoms. The molecule has 0 unspecified atom stereocenters. The van der Waals surface area contributed by atoms with Gasteiger partial charge >= 0.3 is 11.9 Å². The van der Waals surface area contributed by atoms with Crippen LogP contribution in [-0.2, 0) is 9.53 Å². The molecule has 0 bridgehead atoms. The first kappa shape index (κ1) is 10.2. The molecule has 1 aromatic carbocycles. The molecule has 68 valence electrons. The average molecular weight is 289 g/mol. The van der Waals surface area contributed by atoms with E-state index in [4.69, 9.17) is 4.74 Å². The second-order valence-corrected chi connectivity index (χ2v) is 2.52. The van der Waals surface area contributed by atoms with E-state index in [9.17, 15) is 4.79 Å². The number of esters is 1. The minimum Gasteiger partial charge on any atom is -1.00 e. The number of hydrogen-bond donors (Lipinski definition) is 1. The lowest BCUT2D eigenvalue weighted by atomic mass is 10.2. The van der Waals surface area contributed by atoms with Crippen molar-refractivity contribution in [3.8, 4) is 0 Å². The first-order valence-corrected chi connectivity index (χ1v) is 3.73. The fraction of sp³-hybridized carbons (Fsp3) is 0.111. The highest BCUT2D eigenvalue weighted by molar-refractivity contribution is 5.99. The van der Waals surface area contributed by atoms with Gasteiger partial charge in [0.2, 0.25) is 6.54 Å². The van der Waals surface area contributed by atoms with Crippen LogP contribution in [0.4, 0.5) is 0 Å². The van der Waals surface area contributed by atoms with Crippen LogP contribution in [0.3, 0.4) is 0 Å². The van der Waals surface area contributed by atoms with Gasteiger partial charge in [0, 0.05) is 0 Å². The normalized spacial score (nSPS) is 14.5. The molecule has 0 radical (unpaired) electrons. The lowest BCUT2D eigenvalue weighted by Crippen LogP contribution is -3.00. The third-order valence-corrected chi connectivity index (χ3v) is 1.65. The molecule has 1 aliphatic heterocycles. The van der Waals surface area contributed by atoms with Crippen molar-refractivity contribution >= 4 is 11.9 Å². The molecule has 0 atom stereocenters. The molecule has 13 heavy (non-hydrogen) atoms. The van der Waals surface area contributed by atoms with E-state index >= 15 is 0 Å². The van der Waals surface area contributed by atoms with Crippen molar-refractivity contribution in [2.75, 3.05) is 6.54 Å². The fourth-order valence-electron chi connectivity index (χ4n) is 1.09. The maximum atomic E-state index is 10.7. The number of halogens is 1. The van der Waals surface area contributed by atoms with Gasteiger partial charge in [0.25, 0.3) is 0 Å². The maximum Gasteiger partial charge on any atom is 0.381 e. The molecule has 0 amide bonds. The van der Waals surface area contributed by atoms with Crippen LogP contribution in [0.15, 0.2) is 30.3 Å². The van der Waals surface area contributed by atoms with Crippen LogP contribution in [-0.4, -0.2) is 18.4 Å². The van der Waals surface area contributed by atoms with Crippen molar-refractivity contribution in [2.24, 2.45) is 0 Å². The summed E-state index contributed by atoms with van der Waals surface area (Å²) in [4.78, 5) is 13.6. The van der Waals surface area contributed by atoms with Crippen LogP contribution in [0.5, 0.6) is 0 Å². The largest absolute Gasteiger partial charge is 1.00 e. The summed E-state index contributed by atoms with van der Waals surface area (Å²) >= 11 is 0. The second kappa shape index (κ2) is 4.36. The topological polar surface area (TPSA) is 40.3 Å². The van der Waals surface area contributed by atoms with Gasteiger partial charge in [-0.3, -0.25) is 0 Å². The molecule has 0 aromatic heterocycles. The molecule has 3 nitrogen and oxygen atoms in total. The molecule has 1 aromatic rings. The van der Waals surface area contributed by atoms with E-state index in [1.54, 1.807) is 0 Å². The monoisotopic (exact) mass is 289 g/mol. The highest BCUT2D eigenvalue weighted by Crippen LogP contribution is 1.99. The van der Waals surface area contributed by atoms with Gasteiger partial charge in [0.05, 0.1) is 5.56 Å². The van der Waals surface area contributed by atoms with Crippen LogP contribution in [0.25, 0.3) is 0 Å². The Balaban J connectivity index is 0.000000845. The van der Waals surface area contributed by atoms with Crippen LogP contribution < -0.4 is 29.0 Å². The summed E-state index contributed by atoms with van der Waals surface area (Å²) in [6.07, 6.45) is 0. The number of carbonyl (C=O) groups excluding carboxylic acids is 1. The lowest BCUT2D eigenvalue weighted by molar-refractivity contribution is -0.438. The van der Waals surface area contributed by atoms with Crippen molar-refractivity contribution in [1.82, 2.24) is 0 Å². The molecule has 0 fully saturated rings. The molecular formula is C9H8INO2. The van der Waals surface area contributed by atoms with Gasteiger partial charge < -0.3 is 28.7 Å². The Morgan fingerprint density at radius 1 is 1.23 bits per heavy atom. The number of benzene rings is 1. The first-order chi connectivity index (χ1) is 5.86. The Morgan fingerprint density at radius 2 is 1.92 bits per heavy atom. The second-order valence-electron chi connectivity index (χ2n) is 2.52. The van der Waals surface area contributed by atoms with E-state index in [0.717, 1.165) is 5.56 Å². The lowest BCUT2D eigenvalue weighted by Gasteiger charge is -1.91. The summed E-state index contributed by atoms with van der Waals surface area (Å²) in [5.41, 5.74) is 0.906. The Hall–Kier alpha value is -0.910. The summed E-state index contributed by atoms with van der Waals surface area (Å²) in [5.74, 6) is 0.328. The van der Waals surface area contributed by atoms with Crippen molar-refractivity contribution in [1.29, 1.82) is 0 Å². The van der Waals surface area contributed by atoms with Gasteiger partial charge in [-0.25, -0.2) is 4.79 Å². The fourth-order valence-corrected chi connectivity index (χ4v) is 1.09. The van der Waals surface area contributed by atoms with Crippen molar-refractivity contribution < 1.29 is 38.5 Å². The zero-order valence-corrected chi connectivity index (χ0v) is 8.95. The zero-order valence-electron chi connectivity index (χ0n) is 6.79. The minimum atomic E-state index is -0.228. The van der Waals surface area contributed by atoms with Crippen molar-refractivity contribution in [2.45, 2.75) is 0 Å². The Bertz CT molecular complexity index is 335. The van der Waals surface area contributed by atoms with E-state index in [-0.39, 0.29) is 36.5 Å². The third kappa shape index (κ3) is 2.27. The molecule has 0 aliphatic carbocycles. The smallest absolute Gasteiger partial charge is 0.381 e. The highest BCUT2D eigenvalue weighted by atomic mass is 127. The Kier molecular flexibility index (Phi) is 3.41. The standard InChI is InChI=1S/C9H7NO2.HI/c11-8-6-10-9(12-8)7-4-2-1-3-5-7;/h1-5H,6H2;1H. The van der Waals surface area contributed by atoms with Gasteiger partial charge in [0.15, 0.2) is 0 Å². The summed E-state index contributed by atoms with van der Waals surface area (Å²) in [6, 6.07) is 9.50. The van der Waals surface area contributed by atoms with E-state index < -0.39 is 0 Å². The number of rotatable bonds is 1. The summed E-state index contributed by atoms with van der Waals surface area (Å²) in [5, 5.41) is 0. The maximum absolute atomic E-state index is 10.7. The molecule has 0 spiro atoms. The Morgan fingerprint density at radius 3 is 2.46 bits per heavy atom. The van der Waals surface area contributed by atoms with E-state index in [2.05, 4.69) is 4.99 Å². The Labute approximate surface area is 92.8 Å². The van der Waals surface area contributed by atoms with E-state index in [1.165, 1.54) is 0 Å². The van der Waals surface area contributed by atoms with Gasteiger partial charge in [0.1, 0.15) is 0 Å². The summed E-state index contributed by atoms with van der Waals surface area (Å²) in [7, 11) is 0. The van der Waals surface area contributed by atoms with Gasteiger partial charge in [-0.15, -0.1) is 0 Å². The quantitative estimate of drug-likeness (QED) is 0.424. The number of ether oxygens (including phenoxy) is 1. The van der Waals surface area contributed by atoms with Gasteiger partial charge in [-0.2, -0.15) is 4.99 Å². The molecule has 0 saturated carbocycles. The van der Waals surface area contributed by atoms with Crippen LogP contribution >= 0.6 is 0 Å². The van der Waals surface area contributed by atoms with Crippen LogP contribution in [0.2, 0.25) is 0 Å². The van der Waals surface area contributed by atoms with Crippen LogP contribution in [0.1, 0.15) is 5.56 Å². The highest BCUT2D eigenvalue weighted by Gasteiger charge is 2.24. The van der Waals surface area contributed by atoms with Crippen LogP contribution in [0, 0.1) is 0 Å². The average Bonchev–Trinajstić information content (AvgIpc) is 2.54. The molecule has 1 heterocycles. The predicted molar refractivity (Wildman–Crippen MR) is 42.5 cm³/mol.